The van der Waals surface area contributed by atoms with Gasteiger partial charge in [-0.25, -0.2) is 9.78 Å². The summed E-state index contributed by atoms with van der Waals surface area (Å²) in [5.41, 5.74) is 0.622. The van der Waals surface area contributed by atoms with Gasteiger partial charge in [0.15, 0.2) is 0 Å². The molecule has 5 rings (SSSR count). The maximum Gasteiger partial charge on any atom is 0.407 e. The van der Waals surface area contributed by atoms with Gasteiger partial charge in [-0.05, 0) is 69.4 Å². The van der Waals surface area contributed by atoms with Crippen molar-refractivity contribution in [3.8, 4) is 0 Å². The quantitative estimate of drug-likeness (QED) is 0.558. The zero-order chi connectivity index (χ0) is 21.2. The number of hydrogen-bond donors (Lipinski definition) is 3. The second-order valence-electron chi connectivity index (χ2n) is 9.24. The molecule has 0 aliphatic heterocycles. The van der Waals surface area contributed by atoms with Gasteiger partial charge in [0.05, 0.1) is 19.8 Å². The minimum Gasteiger partial charge on any atom is -0.447 e. The van der Waals surface area contributed by atoms with E-state index in [0.717, 1.165) is 44.2 Å². The van der Waals surface area contributed by atoms with Crippen LogP contribution < -0.4 is 10.6 Å². The number of amides is 2. The number of hydrogen-bond acceptors (Lipinski definition) is 6. The first kappa shape index (κ1) is 21.1. The molecule has 0 spiro atoms. The molecule has 0 saturated heterocycles. The molecule has 1 aromatic heterocycles. The fraction of sp³-hybridized carbons (Fsp3) is 0.682. The Morgan fingerprint density at radius 1 is 1.10 bits per heavy atom. The van der Waals surface area contributed by atoms with E-state index in [4.69, 9.17) is 14.6 Å². The molecule has 4 saturated carbocycles. The lowest BCUT2D eigenvalue weighted by molar-refractivity contribution is -0.0477. The normalized spacial score (nSPS) is 31.4. The maximum atomic E-state index is 12.9. The first-order valence-corrected chi connectivity index (χ1v) is 10.8. The highest BCUT2D eigenvalue weighted by Crippen LogP contribution is 2.57. The molecule has 4 aliphatic rings. The van der Waals surface area contributed by atoms with Crippen LogP contribution in [0.1, 0.15) is 54.7 Å². The van der Waals surface area contributed by atoms with Crippen molar-refractivity contribution in [2.24, 2.45) is 11.8 Å². The van der Waals surface area contributed by atoms with E-state index in [0.29, 0.717) is 17.5 Å². The maximum absolute atomic E-state index is 12.9. The summed E-state index contributed by atoms with van der Waals surface area (Å²) in [5, 5.41) is 15.1. The number of pyridine rings is 1. The number of nitrogens with zero attached hydrogens (tertiary/aromatic N) is 1. The number of ether oxygens (including phenoxy) is 2. The third kappa shape index (κ3) is 4.59. The molecule has 0 aromatic carbocycles. The van der Waals surface area contributed by atoms with Gasteiger partial charge in [0.25, 0.3) is 5.91 Å². The Kier molecular flexibility index (Phi) is 5.97. The molecule has 2 unspecified atom stereocenters. The van der Waals surface area contributed by atoms with Crippen LogP contribution in [0.2, 0.25) is 0 Å². The average molecular weight is 418 g/mol. The molecule has 2 amide bonds. The van der Waals surface area contributed by atoms with Crippen molar-refractivity contribution >= 4 is 12.0 Å². The summed E-state index contributed by atoms with van der Waals surface area (Å²) in [7, 11) is 0. The van der Waals surface area contributed by atoms with Crippen LogP contribution in [-0.4, -0.2) is 59.6 Å². The first-order valence-electron chi connectivity index (χ1n) is 10.8. The molecule has 8 nitrogen and oxygen atoms in total. The van der Waals surface area contributed by atoms with E-state index in [-0.39, 0.29) is 43.4 Å². The molecule has 4 bridgehead atoms. The zero-order valence-corrected chi connectivity index (χ0v) is 17.5. The standard InChI is InChI=1S/C22H31N3O5/c1-15-3-2-4-18(23-15)19(27)24-21-10-16-9-17(11-21)13-22(12-16,14-21)25-20(28)30-8-7-29-6-5-26/h2-4,16-17,26H,5-14H2,1H3,(H,24,27)(H,25,28). The van der Waals surface area contributed by atoms with E-state index >= 15 is 0 Å². The molecule has 8 heteroatoms. The van der Waals surface area contributed by atoms with Crippen LogP contribution in [0.4, 0.5) is 4.79 Å². The lowest BCUT2D eigenvalue weighted by atomic mass is 9.50. The highest BCUT2D eigenvalue weighted by Gasteiger charge is 2.59. The number of carbonyl (C=O) groups is 2. The van der Waals surface area contributed by atoms with Gasteiger partial charge < -0.3 is 25.2 Å². The van der Waals surface area contributed by atoms with Gasteiger partial charge in [-0.15, -0.1) is 0 Å². The SMILES string of the molecule is Cc1cccc(C(=O)NC23CC4CC(CC(NC(=O)OCCOCCO)(C4)C2)C3)n1. The summed E-state index contributed by atoms with van der Waals surface area (Å²) in [4.78, 5) is 29.7. The van der Waals surface area contributed by atoms with Gasteiger partial charge in [-0.2, -0.15) is 0 Å². The van der Waals surface area contributed by atoms with Crippen molar-refractivity contribution in [2.75, 3.05) is 26.4 Å². The molecular formula is C22H31N3O5. The molecule has 30 heavy (non-hydrogen) atoms. The Morgan fingerprint density at radius 2 is 1.80 bits per heavy atom. The Morgan fingerprint density at radius 3 is 2.47 bits per heavy atom. The van der Waals surface area contributed by atoms with E-state index in [1.807, 2.05) is 19.1 Å². The number of aryl methyl sites for hydroxylation is 1. The van der Waals surface area contributed by atoms with Crippen LogP contribution in [-0.2, 0) is 9.47 Å². The van der Waals surface area contributed by atoms with Crippen molar-refractivity contribution in [2.45, 2.75) is 56.5 Å². The summed E-state index contributed by atoms with van der Waals surface area (Å²) in [5.74, 6) is 0.842. The monoisotopic (exact) mass is 417 g/mol. The number of rotatable bonds is 8. The van der Waals surface area contributed by atoms with Gasteiger partial charge in [-0.1, -0.05) is 6.07 Å². The van der Waals surface area contributed by atoms with Crippen molar-refractivity contribution in [1.29, 1.82) is 0 Å². The fourth-order valence-corrected chi connectivity index (χ4v) is 6.14. The van der Waals surface area contributed by atoms with Crippen molar-refractivity contribution in [1.82, 2.24) is 15.6 Å². The van der Waals surface area contributed by atoms with E-state index in [1.165, 1.54) is 0 Å². The minimum absolute atomic E-state index is 0.0516. The number of aromatic nitrogens is 1. The second-order valence-corrected chi connectivity index (χ2v) is 9.24. The van der Waals surface area contributed by atoms with E-state index in [1.54, 1.807) is 6.07 Å². The van der Waals surface area contributed by atoms with E-state index in [2.05, 4.69) is 15.6 Å². The highest BCUT2D eigenvalue weighted by atomic mass is 16.6. The molecule has 3 N–H and O–H groups in total. The Hall–Kier alpha value is -2.19. The molecule has 4 fully saturated rings. The number of aliphatic hydroxyl groups is 1. The molecule has 4 aliphatic carbocycles. The van der Waals surface area contributed by atoms with Gasteiger partial charge in [0, 0.05) is 16.8 Å². The molecule has 164 valence electrons. The second kappa shape index (κ2) is 8.51. The minimum atomic E-state index is -0.439. The summed E-state index contributed by atoms with van der Waals surface area (Å²) in [6.45, 7) is 2.46. The smallest absolute Gasteiger partial charge is 0.407 e. The molecular weight excluding hydrogens is 386 g/mol. The van der Waals surface area contributed by atoms with E-state index < -0.39 is 6.09 Å². The molecule has 2 atom stereocenters. The highest BCUT2D eigenvalue weighted by molar-refractivity contribution is 5.92. The molecule has 0 radical (unpaired) electrons. The summed E-state index contributed by atoms with van der Waals surface area (Å²) in [6, 6.07) is 5.47. The third-order valence-corrected chi connectivity index (χ3v) is 6.62. The Balaban J connectivity index is 1.40. The van der Waals surface area contributed by atoms with E-state index in [9.17, 15) is 9.59 Å². The van der Waals surface area contributed by atoms with Crippen LogP contribution in [0.5, 0.6) is 0 Å². The predicted octanol–water partition coefficient (Wildman–Crippen LogP) is 1.95. The van der Waals surface area contributed by atoms with Crippen molar-refractivity contribution in [3.05, 3.63) is 29.6 Å². The van der Waals surface area contributed by atoms with Gasteiger partial charge in [0.1, 0.15) is 12.3 Å². The predicted molar refractivity (Wildman–Crippen MR) is 109 cm³/mol. The first-order chi connectivity index (χ1) is 14.4. The lowest BCUT2D eigenvalue weighted by Gasteiger charge is -2.62. The van der Waals surface area contributed by atoms with Crippen molar-refractivity contribution < 1.29 is 24.2 Å². The van der Waals surface area contributed by atoms with Crippen LogP contribution in [0.15, 0.2) is 18.2 Å². The topological polar surface area (TPSA) is 110 Å². The average Bonchev–Trinajstić information content (AvgIpc) is 2.66. The van der Waals surface area contributed by atoms with Crippen LogP contribution in [0.3, 0.4) is 0 Å². The Bertz CT molecular complexity index is 785. The van der Waals surface area contributed by atoms with Crippen LogP contribution in [0, 0.1) is 18.8 Å². The number of aliphatic hydroxyl groups excluding tert-OH is 1. The summed E-state index contributed by atoms with van der Waals surface area (Å²) < 4.78 is 10.4. The number of nitrogens with one attached hydrogen (secondary N) is 2. The molecule has 1 aromatic rings. The Labute approximate surface area is 176 Å². The summed E-state index contributed by atoms with van der Waals surface area (Å²) in [6.07, 6.45) is 5.21. The van der Waals surface area contributed by atoms with Crippen molar-refractivity contribution in [3.63, 3.8) is 0 Å². The third-order valence-electron chi connectivity index (χ3n) is 6.62. The lowest BCUT2D eigenvalue weighted by Crippen LogP contribution is -2.70. The zero-order valence-electron chi connectivity index (χ0n) is 17.5. The van der Waals surface area contributed by atoms with Crippen LogP contribution in [0.25, 0.3) is 0 Å². The van der Waals surface area contributed by atoms with Gasteiger partial charge in [-0.3, -0.25) is 4.79 Å². The van der Waals surface area contributed by atoms with Gasteiger partial charge >= 0.3 is 6.09 Å². The largest absolute Gasteiger partial charge is 0.447 e. The van der Waals surface area contributed by atoms with Gasteiger partial charge in [0.2, 0.25) is 0 Å². The summed E-state index contributed by atoms with van der Waals surface area (Å²) >= 11 is 0. The number of carbonyl (C=O) groups excluding carboxylic acids is 2. The molecule has 1 heterocycles. The van der Waals surface area contributed by atoms with Crippen LogP contribution >= 0.6 is 0 Å². The fourth-order valence-electron chi connectivity index (χ4n) is 6.14. The number of alkyl carbamates (subject to hydrolysis) is 1.